The predicted octanol–water partition coefficient (Wildman–Crippen LogP) is 5.43. The fourth-order valence-electron chi connectivity index (χ4n) is 4.59. The van der Waals surface area contributed by atoms with Crippen LogP contribution >= 0.6 is 34.8 Å². The van der Waals surface area contributed by atoms with Crippen LogP contribution in [0.25, 0.3) is 0 Å². The van der Waals surface area contributed by atoms with Gasteiger partial charge >= 0.3 is 6.03 Å². The van der Waals surface area contributed by atoms with Gasteiger partial charge < -0.3 is 10.2 Å². The van der Waals surface area contributed by atoms with Gasteiger partial charge in [0.1, 0.15) is 12.4 Å². The third-order valence-corrected chi connectivity index (χ3v) is 7.28. The van der Waals surface area contributed by atoms with E-state index in [9.17, 15) is 18.8 Å². The van der Waals surface area contributed by atoms with E-state index in [4.69, 9.17) is 34.8 Å². The molecule has 180 valence electrons. The molecule has 2 aliphatic rings. The summed E-state index contributed by atoms with van der Waals surface area (Å²) < 4.78 is 13.5. The summed E-state index contributed by atoms with van der Waals surface area (Å²) >= 11 is 18.3. The monoisotopic (exact) mass is 525 g/mol. The summed E-state index contributed by atoms with van der Waals surface area (Å²) in [6.45, 7) is -0.142. The molecule has 4 rings (SSSR count). The zero-order valence-corrected chi connectivity index (χ0v) is 20.5. The maximum atomic E-state index is 13.5. The Morgan fingerprint density at radius 2 is 1.71 bits per heavy atom. The average Bonchev–Trinajstić information content (AvgIpc) is 2.80. The second kappa shape index (κ2) is 10.5. The van der Waals surface area contributed by atoms with E-state index in [0.29, 0.717) is 34.0 Å². The second-order valence-corrected chi connectivity index (χ2v) is 9.79. The van der Waals surface area contributed by atoms with Gasteiger partial charge in [-0.1, -0.05) is 59.8 Å². The maximum Gasteiger partial charge on any atom is 0.327 e. The van der Waals surface area contributed by atoms with Crippen LogP contribution in [0.4, 0.5) is 9.18 Å². The Balaban J connectivity index is 1.50. The first kappa shape index (κ1) is 24.8. The molecule has 1 aliphatic carbocycles. The van der Waals surface area contributed by atoms with Gasteiger partial charge in [-0.05, 0) is 48.2 Å². The molecule has 1 N–H and O–H groups in total. The molecule has 0 aromatic heterocycles. The van der Waals surface area contributed by atoms with Crippen molar-refractivity contribution in [3.05, 3.63) is 68.4 Å². The van der Waals surface area contributed by atoms with Crippen molar-refractivity contribution >= 4 is 52.6 Å². The summed E-state index contributed by atoms with van der Waals surface area (Å²) in [6.07, 6.45) is 3.11. The zero-order valence-electron chi connectivity index (χ0n) is 18.2. The molecule has 1 saturated carbocycles. The molecule has 2 aromatic carbocycles. The normalized spacial score (nSPS) is 20.4. The number of amides is 4. The van der Waals surface area contributed by atoms with Gasteiger partial charge in [0.05, 0.1) is 5.92 Å². The van der Waals surface area contributed by atoms with Crippen LogP contribution in [-0.2, 0) is 22.7 Å². The molecular weight excluding hydrogens is 504 g/mol. The van der Waals surface area contributed by atoms with E-state index < -0.39 is 24.3 Å². The number of rotatable bonds is 6. The summed E-state index contributed by atoms with van der Waals surface area (Å²) in [4.78, 5) is 41.8. The molecule has 0 radical (unpaired) electrons. The van der Waals surface area contributed by atoms with E-state index in [0.717, 1.165) is 17.7 Å². The van der Waals surface area contributed by atoms with Crippen LogP contribution in [0.15, 0.2) is 36.4 Å². The number of benzene rings is 2. The summed E-state index contributed by atoms with van der Waals surface area (Å²) in [7, 11) is 0. The molecule has 4 amide bonds. The van der Waals surface area contributed by atoms with E-state index in [1.807, 2.05) is 0 Å². The van der Waals surface area contributed by atoms with Crippen molar-refractivity contribution in [2.45, 2.75) is 44.8 Å². The van der Waals surface area contributed by atoms with Crippen molar-refractivity contribution in [3.63, 3.8) is 0 Å². The van der Waals surface area contributed by atoms with Crippen LogP contribution in [-0.4, -0.2) is 40.2 Å². The number of halogens is 4. The highest BCUT2D eigenvalue weighted by Gasteiger charge is 2.47. The summed E-state index contributed by atoms with van der Waals surface area (Å²) in [5.74, 6) is -1.68. The highest BCUT2D eigenvalue weighted by molar-refractivity contribution is 6.35. The van der Waals surface area contributed by atoms with Crippen molar-refractivity contribution < 1.29 is 18.8 Å². The molecule has 2 fully saturated rings. The van der Waals surface area contributed by atoms with Gasteiger partial charge in [0, 0.05) is 34.2 Å². The van der Waals surface area contributed by atoms with Gasteiger partial charge in [0.25, 0.3) is 0 Å². The molecule has 10 heteroatoms. The Kier molecular flexibility index (Phi) is 7.65. The largest absolute Gasteiger partial charge is 0.350 e. The Morgan fingerprint density at radius 3 is 2.44 bits per heavy atom. The Labute approximate surface area is 211 Å². The number of hydrogen-bond donors (Lipinski definition) is 1. The lowest BCUT2D eigenvalue weighted by atomic mass is 9.81. The van der Waals surface area contributed by atoms with Crippen LogP contribution in [0.1, 0.15) is 36.8 Å². The summed E-state index contributed by atoms with van der Waals surface area (Å²) in [5, 5.41) is 3.80. The topological polar surface area (TPSA) is 69.7 Å². The average molecular weight is 527 g/mol. The summed E-state index contributed by atoms with van der Waals surface area (Å²) in [5.41, 5.74) is 1.24. The fourth-order valence-corrected chi connectivity index (χ4v) is 5.29. The third-order valence-electron chi connectivity index (χ3n) is 6.34. The lowest BCUT2D eigenvalue weighted by molar-refractivity contribution is -0.143. The SMILES string of the molecule is O=C(CN1C(=O)C2CCCCC2N(Cc2ccc(F)cc2Cl)C1=O)NCc1ccc(Cl)cc1Cl. The quantitative estimate of drug-likeness (QED) is 0.546. The van der Waals surface area contributed by atoms with E-state index in [-0.39, 0.29) is 36.0 Å². The van der Waals surface area contributed by atoms with Gasteiger partial charge in [-0.2, -0.15) is 0 Å². The molecular formula is C24H23Cl3FN3O3. The van der Waals surface area contributed by atoms with Gasteiger partial charge in [-0.15, -0.1) is 0 Å². The Hall–Kier alpha value is -2.35. The van der Waals surface area contributed by atoms with Gasteiger partial charge in [-0.3, -0.25) is 14.5 Å². The molecule has 2 aromatic rings. The molecule has 2 unspecified atom stereocenters. The number of fused-ring (bicyclic) bond motifs is 1. The molecule has 1 saturated heterocycles. The van der Waals surface area contributed by atoms with E-state index in [2.05, 4.69) is 5.32 Å². The molecule has 6 nitrogen and oxygen atoms in total. The minimum Gasteiger partial charge on any atom is -0.350 e. The van der Waals surface area contributed by atoms with Gasteiger partial charge in [0.2, 0.25) is 11.8 Å². The third kappa shape index (κ3) is 5.32. The second-order valence-electron chi connectivity index (χ2n) is 8.54. The van der Waals surface area contributed by atoms with Crippen molar-refractivity contribution in [1.82, 2.24) is 15.1 Å². The number of nitrogens with one attached hydrogen (secondary N) is 1. The number of carbonyl (C=O) groups is 3. The van der Waals surface area contributed by atoms with Crippen LogP contribution in [0.2, 0.25) is 15.1 Å². The predicted molar refractivity (Wildman–Crippen MR) is 128 cm³/mol. The van der Waals surface area contributed by atoms with Crippen LogP contribution in [0, 0.1) is 11.7 Å². The van der Waals surface area contributed by atoms with Crippen molar-refractivity contribution in [3.8, 4) is 0 Å². The first-order valence-corrected chi connectivity index (χ1v) is 12.1. The number of carbonyl (C=O) groups excluding carboxylic acids is 3. The smallest absolute Gasteiger partial charge is 0.327 e. The van der Waals surface area contributed by atoms with E-state index in [1.165, 1.54) is 18.2 Å². The summed E-state index contributed by atoms with van der Waals surface area (Å²) in [6, 6.07) is 8.12. The van der Waals surface area contributed by atoms with Crippen LogP contribution in [0.5, 0.6) is 0 Å². The molecule has 1 aliphatic heterocycles. The van der Waals surface area contributed by atoms with Crippen molar-refractivity contribution in [2.75, 3.05) is 6.54 Å². The number of imide groups is 1. The minimum absolute atomic E-state index is 0.130. The number of nitrogens with zero attached hydrogens (tertiary/aromatic N) is 2. The first-order chi connectivity index (χ1) is 16.2. The standard InChI is InChI=1S/C24H23Cl3FN3O3/c25-16-7-5-14(19(26)9-16)11-29-22(32)13-31-23(33)18-3-1-2-4-21(18)30(24(31)34)12-15-6-8-17(28)10-20(15)27/h5-10,18,21H,1-4,11-13H2,(H,29,32). The minimum atomic E-state index is -0.548. The molecule has 2 atom stereocenters. The van der Waals surface area contributed by atoms with E-state index >= 15 is 0 Å². The molecule has 0 bridgehead atoms. The highest BCUT2D eigenvalue weighted by atomic mass is 35.5. The van der Waals surface area contributed by atoms with Gasteiger partial charge in [-0.25, -0.2) is 9.18 Å². The Morgan fingerprint density at radius 1 is 1.00 bits per heavy atom. The maximum absolute atomic E-state index is 13.5. The van der Waals surface area contributed by atoms with Crippen LogP contribution < -0.4 is 5.32 Å². The molecule has 0 spiro atoms. The molecule has 34 heavy (non-hydrogen) atoms. The van der Waals surface area contributed by atoms with Crippen molar-refractivity contribution in [1.29, 1.82) is 0 Å². The lowest BCUT2D eigenvalue weighted by Gasteiger charge is -2.46. The highest BCUT2D eigenvalue weighted by Crippen LogP contribution is 2.36. The number of urea groups is 1. The van der Waals surface area contributed by atoms with Gasteiger partial charge in [0.15, 0.2) is 0 Å². The van der Waals surface area contributed by atoms with Crippen LogP contribution in [0.3, 0.4) is 0 Å². The lowest BCUT2D eigenvalue weighted by Crippen LogP contribution is -2.63. The zero-order chi connectivity index (χ0) is 24.4. The number of hydrogen-bond acceptors (Lipinski definition) is 3. The fraction of sp³-hybridized carbons (Fsp3) is 0.375. The van der Waals surface area contributed by atoms with Crippen molar-refractivity contribution in [2.24, 2.45) is 5.92 Å². The molecule has 1 heterocycles. The van der Waals surface area contributed by atoms with E-state index in [1.54, 1.807) is 23.1 Å². The first-order valence-electron chi connectivity index (χ1n) is 11.0. The Bertz CT molecular complexity index is 1130.